The van der Waals surface area contributed by atoms with Gasteiger partial charge in [0.1, 0.15) is 17.1 Å². The number of carbonyl (C=O) groups excluding carboxylic acids is 1. The normalized spacial score (nSPS) is 17.6. The topological polar surface area (TPSA) is 91.4 Å². The summed E-state index contributed by atoms with van der Waals surface area (Å²) < 4.78 is 47.7. The molecule has 1 fully saturated rings. The van der Waals surface area contributed by atoms with Crippen LogP contribution in [0.1, 0.15) is 48.5 Å². The quantitative estimate of drug-likeness (QED) is 0.305. The smallest absolute Gasteiger partial charge is 0.421 e. The van der Waals surface area contributed by atoms with Gasteiger partial charge in [0.2, 0.25) is 5.95 Å². The van der Waals surface area contributed by atoms with Crippen LogP contribution in [0.3, 0.4) is 0 Å². The Hall–Kier alpha value is -3.86. The van der Waals surface area contributed by atoms with Crippen LogP contribution in [-0.2, 0) is 6.18 Å². The maximum absolute atomic E-state index is 13.9. The third-order valence-corrected chi connectivity index (χ3v) is 7.17. The third kappa shape index (κ3) is 6.47. The monoisotopic (exact) mass is 554 g/mol. The summed E-state index contributed by atoms with van der Waals surface area (Å²) >= 11 is 0. The number of ether oxygens (including phenoxy) is 1. The molecule has 3 heterocycles. The first-order valence-corrected chi connectivity index (χ1v) is 13.6. The van der Waals surface area contributed by atoms with Crippen molar-refractivity contribution in [3.8, 4) is 5.75 Å². The van der Waals surface area contributed by atoms with E-state index in [0.717, 1.165) is 57.3 Å². The van der Waals surface area contributed by atoms with E-state index in [2.05, 4.69) is 37.7 Å². The molecule has 212 valence electrons. The van der Waals surface area contributed by atoms with Crippen molar-refractivity contribution < 1.29 is 22.7 Å². The number of nitrogens with zero attached hydrogens (tertiary/aromatic N) is 3. The van der Waals surface area contributed by atoms with Gasteiger partial charge in [0.15, 0.2) is 5.78 Å². The zero-order valence-corrected chi connectivity index (χ0v) is 22.4. The van der Waals surface area contributed by atoms with E-state index in [4.69, 9.17) is 4.74 Å². The Balaban J connectivity index is 1.40. The Morgan fingerprint density at radius 2 is 1.88 bits per heavy atom. The van der Waals surface area contributed by atoms with E-state index >= 15 is 0 Å². The highest BCUT2D eigenvalue weighted by Gasteiger charge is 2.36. The van der Waals surface area contributed by atoms with Crippen molar-refractivity contribution in [2.75, 3.05) is 48.3 Å². The predicted octanol–water partition coefficient (Wildman–Crippen LogP) is 6.16. The number of hydrogen-bond acceptors (Lipinski definition) is 8. The van der Waals surface area contributed by atoms with Gasteiger partial charge in [0.25, 0.3) is 0 Å². The van der Waals surface area contributed by atoms with Gasteiger partial charge in [-0.15, -0.1) is 0 Å². The molecule has 0 spiro atoms. The number of aromatic nitrogens is 2. The van der Waals surface area contributed by atoms with Crippen molar-refractivity contribution in [2.24, 2.45) is 5.92 Å². The lowest BCUT2D eigenvalue weighted by atomic mass is 9.94. The molecular weight excluding hydrogens is 521 g/mol. The zero-order valence-electron chi connectivity index (χ0n) is 22.4. The van der Waals surface area contributed by atoms with Gasteiger partial charge in [0.05, 0.1) is 17.9 Å². The molecule has 2 aliphatic rings. The number of unbranched alkanes of at least 4 members (excludes halogenated alkanes) is 1. The number of anilines is 5. The Kier molecular flexibility index (Phi) is 8.39. The van der Waals surface area contributed by atoms with Crippen LogP contribution in [0, 0.1) is 5.92 Å². The number of piperazine rings is 1. The van der Waals surface area contributed by atoms with Crippen LogP contribution < -0.4 is 25.6 Å². The molecule has 3 N–H and O–H groups in total. The molecular formula is C29H33F3N6O2. The van der Waals surface area contributed by atoms with Crippen LogP contribution in [0.5, 0.6) is 5.75 Å². The summed E-state index contributed by atoms with van der Waals surface area (Å²) in [5.74, 6) is -0.196. The van der Waals surface area contributed by atoms with Crippen LogP contribution in [0.25, 0.3) is 0 Å². The van der Waals surface area contributed by atoms with E-state index in [9.17, 15) is 18.0 Å². The summed E-state index contributed by atoms with van der Waals surface area (Å²) in [7, 11) is 0. The Labute approximate surface area is 231 Å². The van der Waals surface area contributed by atoms with Crippen LogP contribution >= 0.6 is 0 Å². The number of benzene rings is 2. The second-order valence-electron chi connectivity index (χ2n) is 10.1. The third-order valence-electron chi connectivity index (χ3n) is 7.17. The molecule has 2 aliphatic heterocycles. The number of rotatable bonds is 8. The molecule has 2 aromatic carbocycles. The molecule has 1 unspecified atom stereocenters. The number of ketones is 1. The Bertz CT molecular complexity index is 1330. The number of hydrogen-bond donors (Lipinski definition) is 3. The van der Waals surface area contributed by atoms with Crippen LogP contribution in [0.2, 0.25) is 0 Å². The summed E-state index contributed by atoms with van der Waals surface area (Å²) in [6, 6.07) is 12.5. The number of carbonyl (C=O) groups is 1. The number of nitrogens with one attached hydrogen (secondary N) is 3. The molecule has 1 saturated heterocycles. The molecule has 0 saturated carbocycles. The average molecular weight is 555 g/mol. The zero-order chi connectivity index (χ0) is 28.1. The molecule has 5 rings (SSSR count). The van der Waals surface area contributed by atoms with Gasteiger partial charge < -0.3 is 25.6 Å². The van der Waals surface area contributed by atoms with E-state index in [1.807, 2.05) is 24.3 Å². The molecule has 1 atom stereocenters. The molecule has 0 radical (unpaired) electrons. The van der Waals surface area contributed by atoms with Gasteiger partial charge in [-0.1, -0.05) is 25.8 Å². The van der Waals surface area contributed by atoms with Crippen molar-refractivity contribution in [1.29, 1.82) is 0 Å². The number of Topliss-reactive ketones (excluding diaryl/α,β-unsaturated/α-hetero) is 1. The molecule has 8 nitrogen and oxygen atoms in total. The van der Waals surface area contributed by atoms with E-state index in [-0.39, 0.29) is 35.3 Å². The van der Waals surface area contributed by atoms with Crippen LogP contribution in [0.4, 0.5) is 42.0 Å². The average Bonchev–Trinajstić information content (AvgIpc) is 3.11. The number of halogens is 3. The first-order valence-electron chi connectivity index (χ1n) is 13.6. The van der Waals surface area contributed by atoms with Crippen molar-refractivity contribution in [2.45, 2.75) is 38.8 Å². The highest BCUT2D eigenvalue weighted by Crippen LogP contribution is 2.39. The van der Waals surface area contributed by atoms with E-state index in [0.29, 0.717) is 18.0 Å². The van der Waals surface area contributed by atoms with Gasteiger partial charge in [0, 0.05) is 56.1 Å². The van der Waals surface area contributed by atoms with Crippen LogP contribution in [-0.4, -0.2) is 48.5 Å². The van der Waals surface area contributed by atoms with Crippen molar-refractivity contribution >= 4 is 34.6 Å². The van der Waals surface area contributed by atoms with Gasteiger partial charge in [-0.3, -0.25) is 4.79 Å². The predicted molar refractivity (Wildman–Crippen MR) is 149 cm³/mol. The maximum Gasteiger partial charge on any atom is 0.421 e. The molecule has 40 heavy (non-hydrogen) atoms. The van der Waals surface area contributed by atoms with Gasteiger partial charge in [-0.05, 0) is 42.8 Å². The lowest BCUT2D eigenvalue weighted by molar-refractivity contribution is -0.137. The molecule has 11 heteroatoms. The fourth-order valence-electron chi connectivity index (χ4n) is 5.03. The summed E-state index contributed by atoms with van der Waals surface area (Å²) in [5.41, 5.74) is 1.13. The minimum Gasteiger partial charge on any atom is -0.492 e. The lowest BCUT2D eigenvalue weighted by Gasteiger charge is -2.29. The van der Waals surface area contributed by atoms with E-state index in [1.165, 1.54) is 0 Å². The summed E-state index contributed by atoms with van der Waals surface area (Å²) in [6.07, 6.45) is -0.842. The fourth-order valence-corrected chi connectivity index (χ4v) is 5.03. The Morgan fingerprint density at radius 1 is 1.10 bits per heavy atom. The molecule has 3 aromatic rings. The van der Waals surface area contributed by atoms with E-state index < -0.39 is 17.6 Å². The van der Waals surface area contributed by atoms with Crippen LogP contribution in [0.15, 0.2) is 48.7 Å². The highest BCUT2D eigenvalue weighted by molar-refractivity contribution is 6.04. The van der Waals surface area contributed by atoms with Gasteiger partial charge in [-0.25, -0.2) is 4.98 Å². The molecule has 0 amide bonds. The van der Waals surface area contributed by atoms with Crippen molar-refractivity contribution in [3.05, 3.63) is 59.8 Å². The largest absolute Gasteiger partial charge is 0.492 e. The minimum atomic E-state index is -4.71. The maximum atomic E-state index is 13.9. The minimum absolute atomic E-state index is 0.00495. The summed E-state index contributed by atoms with van der Waals surface area (Å²) in [4.78, 5) is 23.6. The van der Waals surface area contributed by atoms with Crippen molar-refractivity contribution in [1.82, 2.24) is 15.3 Å². The molecule has 0 aliphatic carbocycles. The summed E-state index contributed by atoms with van der Waals surface area (Å²) in [5, 5.41) is 9.09. The molecule has 0 bridgehead atoms. The number of alkyl halides is 3. The second-order valence-corrected chi connectivity index (χ2v) is 10.1. The lowest BCUT2D eigenvalue weighted by Crippen LogP contribution is -2.43. The first-order chi connectivity index (χ1) is 19.3. The SMILES string of the molecule is CCCCC1COc2cccc(Nc3nc(Nc4ccc(N5CCNCC5)cc4)ncc3C(F)(F)F)c2C(=O)C1. The van der Waals surface area contributed by atoms with Gasteiger partial charge in [-0.2, -0.15) is 18.2 Å². The number of fused-ring (bicyclic) bond motifs is 1. The van der Waals surface area contributed by atoms with Crippen molar-refractivity contribution in [3.63, 3.8) is 0 Å². The van der Waals surface area contributed by atoms with E-state index in [1.54, 1.807) is 18.2 Å². The highest BCUT2D eigenvalue weighted by atomic mass is 19.4. The standard InChI is InChI=1S/C29H33F3N6O2/c1-2-3-5-19-16-24(39)26-23(6-4-7-25(26)40-18-19)36-27-22(29(30,31)32)17-34-28(37-27)35-20-8-10-21(11-9-20)38-14-12-33-13-15-38/h4,6-11,17,19,33H,2-3,5,12-16,18H2,1H3,(H2,34,35,36,37). The molecule has 1 aromatic heterocycles. The first kappa shape index (κ1) is 27.7. The summed E-state index contributed by atoms with van der Waals surface area (Å²) in [6.45, 7) is 6.11. The Morgan fingerprint density at radius 3 is 2.60 bits per heavy atom. The van der Waals surface area contributed by atoms with Gasteiger partial charge >= 0.3 is 6.18 Å². The fraction of sp³-hybridized carbons (Fsp3) is 0.414. The second kappa shape index (κ2) is 12.1.